The number of rotatable bonds is 9. The Kier molecular flexibility index (Phi) is 8.28. The molecule has 0 saturated carbocycles. The van der Waals surface area contributed by atoms with Crippen molar-refractivity contribution in [2.75, 3.05) is 18.2 Å². The van der Waals surface area contributed by atoms with Crippen molar-refractivity contribution >= 4 is 61.4 Å². The SMILES string of the molecule is CCCc1c2nc(C(=O)OC)cc(N(Oc3ccc(Cl)cc3)S(=O)(=O)O)c2cc2c(=O)cc(C(=O)OCC)oc12. The van der Waals surface area contributed by atoms with Crippen molar-refractivity contribution in [3.8, 4) is 5.75 Å². The third-order valence-corrected chi connectivity index (χ3v) is 6.59. The van der Waals surface area contributed by atoms with Crippen LogP contribution in [0.2, 0.25) is 5.02 Å². The number of benzene rings is 2. The lowest BCUT2D eigenvalue weighted by atomic mass is 10.00. The van der Waals surface area contributed by atoms with Crippen LogP contribution in [0.25, 0.3) is 21.9 Å². The zero-order valence-electron chi connectivity index (χ0n) is 21.5. The van der Waals surface area contributed by atoms with Gasteiger partial charge in [0.15, 0.2) is 16.9 Å². The molecule has 0 saturated heterocycles. The lowest BCUT2D eigenvalue weighted by molar-refractivity contribution is 0.0490. The maximum Gasteiger partial charge on any atom is 0.391 e. The van der Waals surface area contributed by atoms with Gasteiger partial charge in [-0.25, -0.2) is 14.6 Å². The summed E-state index contributed by atoms with van der Waals surface area (Å²) >= 11 is 5.91. The number of methoxy groups -OCH3 is 1. The Morgan fingerprint density at radius 2 is 1.77 bits per heavy atom. The third-order valence-electron chi connectivity index (χ3n) is 5.65. The molecule has 0 radical (unpaired) electrons. The number of ether oxygens (including phenoxy) is 2. The number of aromatic nitrogens is 1. The molecule has 4 aromatic rings. The highest BCUT2D eigenvalue weighted by molar-refractivity contribution is 7.87. The molecule has 0 aliphatic carbocycles. The van der Waals surface area contributed by atoms with E-state index in [1.165, 1.54) is 30.3 Å². The highest BCUT2D eigenvalue weighted by Crippen LogP contribution is 2.36. The molecule has 2 aromatic carbocycles. The van der Waals surface area contributed by atoms with Crippen LogP contribution in [0.3, 0.4) is 0 Å². The van der Waals surface area contributed by atoms with Crippen LogP contribution in [-0.2, 0) is 26.2 Å². The topological polar surface area (TPSA) is 163 Å². The first-order chi connectivity index (χ1) is 19.0. The Balaban J connectivity index is 2.12. The summed E-state index contributed by atoms with van der Waals surface area (Å²) < 4.78 is 51.1. The molecule has 1 N–H and O–H groups in total. The number of anilines is 1. The molecule has 0 spiro atoms. The van der Waals surface area contributed by atoms with Crippen LogP contribution in [0.15, 0.2) is 51.7 Å². The maximum atomic E-state index is 13.1. The summed E-state index contributed by atoms with van der Waals surface area (Å²) in [5, 5.41) is 0.351. The van der Waals surface area contributed by atoms with E-state index in [1.807, 2.05) is 6.92 Å². The molecule has 210 valence electrons. The molecule has 12 nitrogen and oxygen atoms in total. The van der Waals surface area contributed by atoms with Gasteiger partial charge in [0.2, 0.25) is 5.76 Å². The Labute approximate surface area is 232 Å². The molecule has 40 heavy (non-hydrogen) atoms. The standard InChI is InChI=1S/C26H23ClN2O10S/c1-4-6-16-23-17(11-18-21(30)13-22(38-24(16)18)26(32)37-5-2)20(12-19(28-23)25(31)36-3)29(40(33,34)35)39-15-9-7-14(27)8-10-15/h7-13H,4-6H2,1-3H3,(H,33,34,35). The van der Waals surface area contributed by atoms with Gasteiger partial charge in [-0.2, -0.15) is 8.42 Å². The Morgan fingerprint density at radius 1 is 1.07 bits per heavy atom. The summed E-state index contributed by atoms with van der Waals surface area (Å²) in [4.78, 5) is 47.9. The average molecular weight is 591 g/mol. The largest absolute Gasteiger partial charge is 0.464 e. The molecule has 0 fully saturated rings. The van der Waals surface area contributed by atoms with Gasteiger partial charge >= 0.3 is 22.2 Å². The van der Waals surface area contributed by atoms with Gasteiger partial charge < -0.3 is 18.7 Å². The third kappa shape index (κ3) is 5.71. The van der Waals surface area contributed by atoms with Crippen molar-refractivity contribution in [1.82, 2.24) is 4.98 Å². The second-order valence-electron chi connectivity index (χ2n) is 8.34. The predicted octanol–water partition coefficient (Wildman–Crippen LogP) is 4.51. The van der Waals surface area contributed by atoms with Gasteiger partial charge in [-0.1, -0.05) is 29.4 Å². The maximum absolute atomic E-state index is 13.1. The number of hydrogen-bond donors (Lipinski definition) is 1. The number of nitrogens with zero attached hydrogens (tertiary/aromatic N) is 2. The minimum Gasteiger partial charge on any atom is -0.464 e. The molecule has 2 heterocycles. The number of halogens is 1. The molecular weight excluding hydrogens is 568 g/mol. The number of esters is 2. The lowest BCUT2D eigenvalue weighted by Crippen LogP contribution is -2.34. The van der Waals surface area contributed by atoms with E-state index in [0.717, 1.165) is 19.2 Å². The van der Waals surface area contributed by atoms with Crippen LogP contribution in [0.1, 0.15) is 46.9 Å². The lowest BCUT2D eigenvalue weighted by Gasteiger charge is -2.23. The van der Waals surface area contributed by atoms with Gasteiger partial charge in [0.05, 0.1) is 24.6 Å². The minimum absolute atomic E-state index is 0.00222. The van der Waals surface area contributed by atoms with E-state index < -0.39 is 27.7 Å². The van der Waals surface area contributed by atoms with Crippen LogP contribution in [0.4, 0.5) is 5.69 Å². The summed E-state index contributed by atoms with van der Waals surface area (Å²) in [7, 11) is -4.04. The summed E-state index contributed by atoms with van der Waals surface area (Å²) in [6, 6.07) is 8.85. The number of carbonyl (C=O) groups excluding carboxylic acids is 2. The average Bonchev–Trinajstić information content (AvgIpc) is 2.91. The molecule has 0 unspecified atom stereocenters. The monoisotopic (exact) mass is 590 g/mol. The summed E-state index contributed by atoms with van der Waals surface area (Å²) in [5.74, 6) is -2.14. The number of pyridine rings is 1. The molecule has 4 rings (SSSR count). The Hall–Kier alpha value is -4.20. The first kappa shape index (κ1) is 28.8. The number of fused-ring (bicyclic) bond motifs is 2. The zero-order valence-corrected chi connectivity index (χ0v) is 23.0. The van der Waals surface area contributed by atoms with Crippen molar-refractivity contribution in [1.29, 1.82) is 0 Å². The number of hydrogen-bond acceptors (Lipinski definition) is 10. The van der Waals surface area contributed by atoms with Crippen LogP contribution in [0, 0.1) is 0 Å². The molecule has 14 heteroatoms. The van der Waals surface area contributed by atoms with E-state index in [1.54, 1.807) is 6.92 Å². The molecule has 0 amide bonds. The second kappa shape index (κ2) is 11.5. The van der Waals surface area contributed by atoms with Crippen molar-refractivity contribution < 1.29 is 41.3 Å². The van der Waals surface area contributed by atoms with Crippen molar-refractivity contribution in [3.63, 3.8) is 0 Å². The zero-order chi connectivity index (χ0) is 29.2. The summed E-state index contributed by atoms with van der Waals surface area (Å²) in [6.45, 7) is 3.48. The van der Waals surface area contributed by atoms with Gasteiger partial charge in [0.1, 0.15) is 11.3 Å². The van der Waals surface area contributed by atoms with Crippen molar-refractivity contribution in [2.45, 2.75) is 26.7 Å². The molecule has 0 aliphatic heterocycles. The fourth-order valence-corrected chi connectivity index (χ4v) is 4.69. The predicted molar refractivity (Wildman–Crippen MR) is 145 cm³/mol. The highest BCUT2D eigenvalue weighted by Gasteiger charge is 2.29. The van der Waals surface area contributed by atoms with E-state index in [2.05, 4.69) is 4.98 Å². The summed E-state index contributed by atoms with van der Waals surface area (Å²) in [5.41, 5.74) is -0.960. The quantitative estimate of drug-likeness (QED) is 0.126. The fourth-order valence-electron chi connectivity index (χ4n) is 3.99. The van der Waals surface area contributed by atoms with Crippen LogP contribution >= 0.6 is 11.6 Å². The molecule has 0 aliphatic rings. The van der Waals surface area contributed by atoms with Crippen molar-refractivity contribution in [2.24, 2.45) is 0 Å². The smallest absolute Gasteiger partial charge is 0.391 e. The van der Waals surface area contributed by atoms with Crippen LogP contribution < -0.4 is 14.7 Å². The first-order valence-electron chi connectivity index (χ1n) is 11.9. The second-order valence-corrected chi connectivity index (χ2v) is 10.0. The van der Waals surface area contributed by atoms with Gasteiger partial charge in [-0.05, 0) is 43.7 Å². The van der Waals surface area contributed by atoms with E-state index in [4.69, 9.17) is 30.3 Å². The highest BCUT2D eigenvalue weighted by atomic mass is 35.5. The molecule has 0 bridgehead atoms. The number of aryl methyl sites for hydroxylation is 1. The van der Waals surface area contributed by atoms with Gasteiger partial charge in [0.25, 0.3) is 0 Å². The van der Waals surface area contributed by atoms with E-state index in [0.29, 0.717) is 17.0 Å². The van der Waals surface area contributed by atoms with Crippen LogP contribution in [0.5, 0.6) is 5.75 Å². The Bertz CT molecular complexity index is 1790. The van der Waals surface area contributed by atoms with Crippen LogP contribution in [-0.4, -0.2) is 43.6 Å². The van der Waals surface area contributed by atoms with Gasteiger partial charge in [-0.15, -0.1) is 0 Å². The van der Waals surface area contributed by atoms with E-state index in [-0.39, 0.29) is 62.3 Å². The van der Waals surface area contributed by atoms with Crippen molar-refractivity contribution in [3.05, 3.63) is 74.7 Å². The number of carbonyl (C=O) groups is 2. The fraction of sp³-hybridized carbons (Fsp3) is 0.231. The van der Waals surface area contributed by atoms with Gasteiger partial charge in [-0.3, -0.25) is 9.35 Å². The van der Waals surface area contributed by atoms with E-state index in [9.17, 15) is 27.4 Å². The summed E-state index contributed by atoms with van der Waals surface area (Å²) in [6.07, 6.45) is 0.744. The minimum atomic E-state index is -5.14. The normalized spacial score (nSPS) is 11.4. The molecule has 0 atom stereocenters. The first-order valence-corrected chi connectivity index (χ1v) is 13.7. The van der Waals surface area contributed by atoms with E-state index >= 15 is 0 Å². The Morgan fingerprint density at radius 3 is 2.38 bits per heavy atom. The molecule has 2 aromatic heterocycles. The van der Waals surface area contributed by atoms with Gasteiger partial charge in [0, 0.05) is 28.1 Å². The molecular formula is C26H23ClN2O10S.